The zero-order valence-electron chi connectivity index (χ0n) is 8.97. The Morgan fingerprint density at radius 2 is 2.12 bits per heavy atom. The minimum Gasteiger partial charge on any atom is -0.444 e. The van der Waals surface area contributed by atoms with Crippen LogP contribution >= 0.6 is 0 Å². The highest BCUT2D eigenvalue weighted by Crippen LogP contribution is 2.11. The first-order valence-electron chi connectivity index (χ1n) is 5.03. The van der Waals surface area contributed by atoms with Gasteiger partial charge in [-0.3, -0.25) is 0 Å². The van der Waals surface area contributed by atoms with Crippen LogP contribution in [0, 0.1) is 0 Å². The van der Waals surface area contributed by atoms with Gasteiger partial charge in [-0.2, -0.15) is 0 Å². The number of nitrogens with two attached hydrogens (primary N) is 1. The molecule has 2 rings (SSSR count). The van der Waals surface area contributed by atoms with Crippen LogP contribution in [-0.4, -0.2) is 15.0 Å². The summed E-state index contributed by atoms with van der Waals surface area (Å²) in [5.41, 5.74) is 5.63. The van der Waals surface area contributed by atoms with Gasteiger partial charge in [-0.1, -0.05) is 6.92 Å². The van der Waals surface area contributed by atoms with Crippen molar-refractivity contribution in [2.24, 2.45) is 0 Å². The number of anilines is 2. The lowest BCUT2D eigenvalue weighted by Gasteiger charge is -2.03. The Morgan fingerprint density at radius 3 is 2.81 bits per heavy atom. The molecule has 0 atom stereocenters. The van der Waals surface area contributed by atoms with E-state index in [1.54, 1.807) is 18.6 Å². The SMILES string of the molecule is CCc1cnc(CNc2nccnc2N)o1. The molecule has 0 fully saturated rings. The molecule has 2 aromatic heterocycles. The third kappa shape index (κ3) is 2.28. The summed E-state index contributed by atoms with van der Waals surface area (Å²) in [6, 6.07) is 0. The number of oxazole rings is 1. The number of aryl methyl sites for hydroxylation is 1. The van der Waals surface area contributed by atoms with Crippen molar-refractivity contribution in [2.45, 2.75) is 19.9 Å². The second-order valence-electron chi connectivity index (χ2n) is 3.22. The van der Waals surface area contributed by atoms with E-state index in [0.717, 1.165) is 12.2 Å². The molecule has 0 bridgehead atoms. The Kier molecular flexibility index (Phi) is 3.00. The predicted octanol–water partition coefficient (Wildman–Crippen LogP) is 1.22. The Labute approximate surface area is 92.9 Å². The summed E-state index contributed by atoms with van der Waals surface area (Å²) in [6.45, 7) is 2.46. The summed E-state index contributed by atoms with van der Waals surface area (Å²) in [5, 5.41) is 3.01. The molecule has 0 spiro atoms. The molecule has 0 aliphatic rings. The quantitative estimate of drug-likeness (QED) is 0.803. The van der Waals surface area contributed by atoms with Crippen LogP contribution in [0.4, 0.5) is 11.6 Å². The summed E-state index contributed by atoms with van der Waals surface area (Å²) in [7, 11) is 0. The third-order valence-electron chi connectivity index (χ3n) is 2.08. The zero-order chi connectivity index (χ0) is 11.4. The van der Waals surface area contributed by atoms with Gasteiger partial charge in [0.15, 0.2) is 11.6 Å². The van der Waals surface area contributed by atoms with Gasteiger partial charge < -0.3 is 15.5 Å². The first kappa shape index (κ1) is 10.4. The van der Waals surface area contributed by atoms with E-state index in [-0.39, 0.29) is 0 Å². The predicted molar refractivity (Wildman–Crippen MR) is 59.7 cm³/mol. The Morgan fingerprint density at radius 1 is 1.31 bits per heavy atom. The molecule has 2 aromatic rings. The maximum Gasteiger partial charge on any atom is 0.213 e. The topological polar surface area (TPSA) is 89.9 Å². The fourth-order valence-corrected chi connectivity index (χ4v) is 1.24. The van der Waals surface area contributed by atoms with Crippen LogP contribution < -0.4 is 11.1 Å². The molecular weight excluding hydrogens is 206 g/mol. The highest BCUT2D eigenvalue weighted by atomic mass is 16.4. The van der Waals surface area contributed by atoms with Crippen molar-refractivity contribution in [3.05, 3.63) is 30.2 Å². The summed E-state index contributed by atoms with van der Waals surface area (Å²) in [4.78, 5) is 12.1. The highest BCUT2D eigenvalue weighted by Gasteiger charge is 2.04. The maximum absolute atomic E-state index is 5.63. The van der Waals surface area contributed by atoms with Gasteiger partial charge in [0, 0.05) is 18.8 Å². The molecule has 2 heterocycles. The van der Waals surface area contributed by atoms with Crippen molar-refractivity contribution in [1.82, 2.24) is 15.0 Å². The standard InChI is InChI=1S/C10H13N5O/c1-2-7-5-14-8(16-7)6-15-10-9(11)12-3-4-13-10/h3-5H,2,6H2,1H3,(H2,11,12)(H,13,15). The second-order valence-corrected chi connectivity index (χ2v) is 3.22. The van der Waals surface area contributed by atoms with E-state index in [4.69, 9.17) is 10.2 Å². The van der Waals surface area contributed by atoms with Crippen LogP contribution in [0.25, 0.3) is 0 Å². The van der Waals surface area contributed by atoms with Crippen LogP contribution in [0.15, 0.2) is 23.0 Å². The molecule has 0 aliphatic heterocycles. The van der Waals surface area contributed by atoms with Gasteiger partial charge in [-0.25, -0.2) is 15.0 Å². The van der Waals surface area contributed by atoms with Crippen LogP contribution in [-0.2, 0) is 13.0 Å². The molecule has 0 saturated carbocycles. The summed E-state index contributed by atoms with van der Waals surface area (Å²) >= 11 is 0. The number of aromatic nitrogens is 3. The van der Waals surface area contributed by atoms with E-state index < -0.39 is 0 Å². The lowest BCUT2D eigenvalue weighted by atomic mass is 10.4. The molecule has 0 unspecified atom stereocenters. The summed E-state index contributed by atoms with van der Waals surface area (Å²) in [5.74, 6) is 2.38. The third-order valence-corrected chi connectivity index (χ3v) is 2.08. The number of nitrogens with zero attached hydrogens (tertiary/aromatic N) is 3. The first-order chi connectivity index (χ1) is 7.79. The maximum atomic E-state index is 5.63. The smallest absolute Gasteiger partial charge is 0.213 e. The summed E-state index contributed by atoms with van der Waals surface area (Å²) < 4.78 is 5.43. The molecule has 0 saturated heterocycles. The van der Waals surface area contributed by atoms with Crippen LogP contribution in [0.2, 0.25) is 0 Å². The lowest BCUT2D eigenvalue weighted by molar-refractivity contribution is 0.465. The number of rotatable bonds is 4. The van der Waals surface area contributed by atoms with Crippen molar-refractivity contribution >= 4 is 11.6 Å². The molecule has 0 aromatic carbocycles. The molecule has 84 valence electrons. The lowest BCUT2D eigenvalue weighted by Crippen LogP contribution is -2.05. The van der Waals surface area contributed by atoms with Crippen LogP contribution in [0.5, 0.6) is 0 Å². The van der Waals surface area contributed by atoms with E-state index in [1.807, 2.05) is 6.92 Å². The molecular formula is C10H13N5O. The minimum atomic E-state index is 0.366. The minimum absolute atomic E-state index is 0.366. The number of nitrogen functional groups attached to an aromatic ring is 1. The van der Waals surface area contributed by atoms with Crippen LogP contribution in [0.3, 0.4) is 0 Å². The number of nitrogens with one attached hydrogen (secondary N) is 1. The zero-order valence-corrected chi connectivity index (χ0v) is 8.97. The van der Waals surface area contributed by atoms with Crippen molar-refractivity contribution in [1.29, 1.82) is 0 Å². The van der Waals surface area contributed by atoms with E-state index in [9.17, 15) is 0 Å². The molecule has 0 aliphatic carbocycles. The van der Waals surface area contributed by atoms with Gasteiger partial charge in [-0.15, -0.1) is 0 Å². The van der Waals surface area contributed by atoms with Gasteiger partial charge in [0.05, 0.1) is 12.7 Å². The highest BCUT2D eigenvalue weighted by molar-refractivity contribution is 5.54. The molecule has 16 heavy (non-hydrogen) atoms. The molecule has 3 N–H and O–H groups in total. The molecule has 0 radical (unpaired) electrons. The van der Waals surface area contributed by atoms with Gasteiger partial charge in [0.25, 0.3) is 0 Å². The normalized spacial score (nSPS) is 10.3. The summed E-state index contributed by atoms with van der Waals surface area (Å²) in [6.07, 6.45) is 5.67. The Bertz CT molecular complexity index is 468. The van der Waals surface area contributed by atoms with Gasteiger partial charge >= 0.3 is 0 Å². The largest absolute Gasteiger partial charge is 0.444 e. The van der Waals surface area contributed by atoms with Gasteiger partial charge in [0.2, 0.25) is 5.89 Å². The monoisotopic (exact) mass is 219 g/mol. The van der Waals surface area contributed by atoms with Gasteiger partial charge in [0.1, 0.15) is 5.76 Å². The average Bonchev–Trinajstić information content (AvgIpc) is 2.76. The van der Waals surface area contributed by atoms with Crippen molar-refractivity contribution in [2.75, 3.05) is 11.1 Å². The average molecular weight is 219 g/mol. The Balaban J connectivity index is 1.99. The van der Waals surface area contributed by atoms with E-state index in [1.165, 1.54) is 0 Å². The van der Waals surface area contributed by atoms with E-state index in [0.29, 0.717) is 24.1 Å². The molecule has 0 amide bonds. The van der Waals surface area contributed by atoms with E-state index in [2.05, 4.69) is 20.3 Å². The van der Waals surface area contributed by atoms with E-state index >= 15 is 0 Å². The Hall–Kier alpha value is -2.11. The molecule has 6 heteroatoms. The van der Waals surface area contributed by atoms with Crippen LogP contribution in [0.1, 0.15) is 18.6 Å². The number of hydrogen-bond acceptors (Lipinski definition) is 6. The van der Waals surface area contributed by atoms with Gasteiger partial charge in [-0.05, 0) is 0 Å². The second kappa shape index (κ2) is 4.61. The number of hydrogen-bond donors (Lipinski definition) is 2. The molecule has 6 nitrogen and oxygen atoms in total. The van der Waals surface area contributed by atoms with Crippen molar-refractivity contribution in [3.8, 4) is 0 Å². The fraction of sp³-hybridized carbons (Fsp3) is 0.300. The fourth-order valence-electron chi connectivity index (χ4n) is 1.24. The van der Waals surface area contributed by atoms with Crippen molar-refractivity contribution < 1.29 is 4.42 Å². The first-order valence-corrected chi connectivity index (χ1v) is 5.03. The van der Waals surface area contributed by atoms with Crippen molar-refractivity contribution in [3.63, 3.8) is 0 Å².